The molecule has 0 saturated heterocycles. The summed E-state index contributed by atoms with van der Waals surface area (Å²) in [5.41, 5.74) is 1.58. The van der Waals surface area contributed by atoms with E-state index in [1.54, 1.807) is 19.1 Å². The molecule has 1 aliphatic rings. The molecule has 1 aromatic heterocycles. The van der Waals surface area contributed by atoms with Crippen LogP contribution in [-0.2, 0) is 17.6 Å². The van der Waals surface area contributed by atoms with Crippen molar-refractivity contribution in [1.29, 1.82) is 10.5 Å². The van der Waals surface area contributed by atoms with E-state index >= 15 is 0 Å². The van der Waals surface area contributed by atoms with Gasteiger partial charge in [-0.2, -0.15) is 10.5 Å². The van der Waals surface area contributed by atoms with E-state index in [1.165, 1.54) is 22.4 Å². The largest absolute Gasteiger partial charge is 0.462 e. The molecule has 0 spiro atoms. The van der Waals surface area contributed by atoms with Crippen LogP contribution >= 0.6 is 11.3 Å². The predicted molar refractivity (Wildman–Crippen MR) is 79.8 cm³/mol. The molecule has 0 aliphatic heterocycles. The van der Waals surface area contributed by atoms with Gasteiger partial charge in [0.1, 0.15) is 22.7 Å². The lowest BCUT2D eigenvalue weighted by Crippen LogP contribution is -2.10. The SMILES string of the molecule is CCOC(=O)c1c(NC=C(C#N)C#N)sc2c1CCCC2. The van der Waals surface area contributed by atoms with Crippen LogP contribution < -0.4 is 5.32 Å². The van der Waals surface area contributed by atoms with Gasteiger partial charge in [0.05, 0.1) is 12.2 Å². The van der Waals surface area contributed by atoms with Crippen molar-refractivity contribution in [2.75, 3.05) is 11.9 Å². The van der Waals surface area contributed by atoms with Crippen molar-refractivity contribution >= 4 is 22.3 Å². The van der Waals surface area contributed by atoms with Crippen LogP contribution in [0.2, 0.25) is 0 Å². The van der Waals surface area contributed by atoms with E-state index in [2.05, 4.69) is 5.32 Å². The van der Waals surface area contributed by atoms with Crippen LogP contribution in [0.3, 0.4) is 0 Å². The highest BCUT2D eigenvalue weighted by molar-refractivity contribution is 7.16. The number of aryl methyl sites for hydroxylation is 1. The molecular weight excluding hydrogens is 286 g/mol. The predicted octanol–water partition coefficient (Wildman–Crippen LogP) is 3.15. The van der Waals surface area contributed by atoms with Crippen LogP contribution in [0.4, 0.5) is 5.00 Å². The minimum Gasteiger partial charge on any atom is -0.462 e. The van der Waals surface area contributed by atoms with E-state index in [0.29, 0.717) is 17.2 Å². The van der Waals surface area contributed by atoms with E-state index in [4.69, 9.17) is 15.3 Å². The van der Waals surface area contributed by atoms with E-state index in [1.807, 2.05) is 0 Å². The highest BCUT2D eigenvalue weighted by Crippen LogP contribution is 2.38. The van der Waals surface area contributed by atoms with Gasteiger partial charge in [-0.05, 0) is 38.2 Å². The lowest BCUT2D eigenvalue weighted by Gasteiger charge is -2.12. The molecule has 1 aliphatic carbocycles. The Morgan fingerprint density at radius 2 is 2.10 bits per heavy atom. The van der Waals surface area contributed by atoms with Crippen molar-refractivity contribution in [2.24, 2.45) is 0 Å². The third-order valence-corrected chi connectivity index (χ3v) is 4.46. The van der Waals surface area contributed by atoms with Gasteiger partial charge in [0.25, 0.3) is 0 Å². The Labute approximate surface area is 127 Å². The van der Waals surface area contributed by atoms with E-state index < -0.39 is 0 Å². The number of nitrogens with zero attached hydrogens (tertiary/aromatic N) is 2. The van der Waals surface area contributed by atoms with Crippen molar-refractivity contribution in [3.8, 4) is 12.1 Å². The Kier molecular flexibility index (Phi) is 4.97. The Morgan fingerprint density at radius 3 is 2.76 bits per heavy atom. The highest BCUT2D eigenvalue weighted by Gasteiger charge is 2.25. The van der Waals surface area contributed by atoms with Crippen molar-refractivity contribution < 1.29 is 9.53 Å². The van der Waals surface area contributed by atoms with Gasteiger partial charge in [-0.1, -0.05) is 0 Å². The minimum atomic E-state index is -0.344. The molecule has 0 atom stereocenters. The Hall–Kier alpha value is -2.31. The highest BCUT2D eigenvalue weighted by atomic mass is 32.1. The second-order valence-corrected chi connectivity index (χ2v) is 5.67. The molecule has 1 aromatic rings. The molecule has 0 amide bonds. The summed E-state index contributed by atoms with van der Waals surface area (Å²) in [5, 5.41) is 21.1. The maximum Gasteiger partial charge on any atom is 0.341 e. The lowest BCUT2D eigenvalue weighted by atomic mass is 9.95. The Morgan fingerprint density at radius 1 is 1.38 bits per heavy atom. The van der Waals surface area contributed by atoms with Gasteiger partial charge in [0, 0.05) is 11.1 Å². The molecule has 0 bridgehead atoms. The molecule has 0 unspecified atom stereocenters. The number of nitriles is 2. The third-order valence-electron chi connectivity index (χ3n) is 3.24. The van der Waals surface area contributed by atoms with Crippen LogP contribution in [0.1, 0.15) is 40.6 Å². The van der Waals surface area contributed by atoms with Crippen molar-refractivity contribution in [1.82, 2.24) is 0 Å². The zero-order valence-electron chi connectivity index (χ0n) is 11.7. The first-order valence-corrected chi connectivity index (χ1v) is 7.61. The molecule has 1 N–H and O–H groups in total. The first-order valence-electron chi connectivity index (χ1n) is 6.79. The van der Waals surface area contributed by atoms with Gasteiger partial charge >= 0.3 is 5.97 Å². The number of fused-ring (bicyclic) bond motifs is 1. The maximum absolute atomic E-state index is 12.2. The van der Waals surface area contributed by atoms with Gasteiger partial charge in [0.15, 0.2) is 0 Å². The number of rotatable bonds is 4. The summed E-state index contributed by atoms with van der Waals surface area (Å²) in [6.45, 7) is 2.09. The lowest BCUT2D eigenvalue weighted by molar-refractivity contribution is 0.0526. The van der Waals surface area contributed by atoms with Gasteiger partial charge in [0.2, 0.25) is 0 Å². The molecular formula is C15H15N3O2S. The molecule has 21 heavy (non-hydrogen) atoms. The topological polar surface area (TPSA) is 85.9 Å². The number of carbonyl (C=O) groups is 1. The number of allylic oxidation sites excluding steroid dienone is 1. The maximum atomic E-state index is 12.2. The molecule has 5 nitrogen and oxygen atoms in total. The Balaban J connectivity index is 2.38. The van der Waals surface area contributed by atoms with Crippen molar-refractivity contribution in [3.05, 3.63) is 27.8 Å². The van der Waals surface area contributed by atoms with Crippen LogP contribution in [0.25, 0.3) is 0 Å². The summed E-state index contributed by atoms with van der Waals surface area (Å²) in [7, 11) is 0. The second-order valence-electron chi connectivity index (χ2n) is 4.56. The quantitative estimate of drug-likeness (QED) is 0.682. The fraction of sp³-hybridized carbons (Fsp3) is 0.400. The summed E-state index contributed by atoms with van der Waals surface area (Å²) in [6, 6.07) is 3.57. The summed E-state index contributed by atoms with van der Waals surface area (Å²) >= 11 is 1.50. The van der Waals surface area contributed by atoms with Crippen molar-refractivity contribution in [2.45, 2.75) is 32.6 Å². The second kappa shape index (κ2) is 6.92. The molecule has 0 aromatic carbocycles. The monoisotopic (exact) mass is 301 g/mol. The number of esters is 1. The average Bonchev–Trinajstić information content (AvgIpc) is 2.87. The molecule has 1 heterocycles. The molecule has 108 valence electrons. The summed E-state index contributed by atoms with van der Waals surface area (Å²) in [5.74, 6) is -0.344. The number of nitrogens with one attached hydrogen (secondary N) is 1. The molecule has 0 radical (unpaired) electrons. The fourth-order valence-electron chi connectivity index (χ4n) is 2.31. The first kappa shape index (κ1) is 15.1. The molecule has 6 heteroatoms. The number of ether oxygens (including phenoxy) is 1. The smallest absolute Gasteiger partial charge is 0.341 e. The number of anilines is 1. The van der Waals surface area contributed by atoms with Gasteiger partial charge in [-0.3, -0.25) is 0 Å². The van der Waals surface area contributed by atoms with E-state index in [-0.39, 0.29) is 11.5 Å². The number of thiophene rings is 1. The Bertz CT molecular complexity index is 646. The zero-order chi connectivity index (χ0) is 15.2. The van der Waals surface area contributed by atoms with Crippen molar-refractivity contribution in [3.63, 3.8) is 0 Å². The first-order chi connectivity index (χ1) is 10.2. The minimum absolute atomic E-state index is 0.0313. The summed E-state index contributed by atoms with van der Waals surface area (Å²) in [4.78, 5) is 13.4. The third kappa shape index (κ3) is 3.24. The number of carbonyl (C=O) groups excluding carboxylic acids is 1. The van der Waals surface area contributed by atoms with Crippen LogP contribution in [-0.4, -0.2) is 12.6 Å². The normalized spacial score (nSPS) is 12.5. The fourth-order valence-corrected chi connectivity index (χ4v) is 3.56. The zero-order valence-corrected chi connectivity index (χ0v) is 12.5. The molecule has 0 saturated carbocycles. The van der Waals surface area contributed by atoms with Gasteiger partial charge in [-0.15, -0.1) is 11.3 Å². The standard InChI is InChI=1S/C15H15N3O2S/c1-2-20-15(19)13-11-5-3-4-6-12(11)21-14(13)18-9-10(7-16)8-17/h9,18H,2-6H2,1H3. The summed E-state index contributed by atoms with van der Waals surface area (Å²) < 4.78 is 5.13. The van der Waals surface area contributed by atoms with Crippen LogP contribution in [0.15, 0.2) is 11.8 Å². The van der Waals surface area contributed by atoms with E-state index in [9.17, 15) is 4.79 Å². The number of hydrogen-bond donors (Lipinski definition) is 1. The molecule has 0 fully saturated rings. The van der Waals surface area contributed by atoms with Crippen LogP contribution in [0, 0.1) is 22.7 Å². The summed E-state index contributed by atoms with van der Waals surface area (Å²) in [6.07, 6.45) is 5.34. The van der Waals surface area contributed by atoms with Crippen LogP contribution in [0.5, 0.6) is 0 Å². The van der Waals surface area contributed by atoms with E-state index in [0.717, 1.165) is 31.2 Å². The average molecular weight is 301 g/mol. The molecule has 2 rings (SSSR count). The number of hydrogen-bond acceptors (Lipinski definition) is 6. The van der Waals surface area contributed by atoms with Gasteiger partial charge in [-0.25, -0.2) is 4.79 Å². The van der Waals surface area contributed by atoms with Gasteiger partial charge < -0.3 is 10.1 Å².